The summed E-state index contributed by atoms with van der Waals surface area (Å²) in [5.74, 6) is 0.534. The molecule has 188 valence electrons. The zero-order valence-electron chi connectivity index (χ0n) is 20.8. The minimum atomic E-state index is -0.288. The van der Waals surface area contributed by atoms with E-state index in [1.165, 1.54) is 0 Å². The van der Waals surface area contributed by atoms with Crippen molar-refractivity contribution in [2.45, 2.75) is 6.92 Å². The molecule has 0 atom stereocenters. The van der Waals surface area contributed by atoms with Crippen LogP contribution >= 0.6 is 15.9 Å². The number of ether oxygens (including phenoxy) is 1. The second-order valence-corrected chi connectivity index (χ2v) is 9.36. The quantitative estimate of drug-likeness (QED) is 0.155. The average molecular weight is 564 g/mol. The molecule has 0 spiro atoms. The number of amides is 1. The first-order valence-corrected chi connectivity index (χ1v) is 13.1. The molecule has 1 N–H and O–H groups in total. The van der Waals surface area contributed by atoms with E-state index in [1.54, 1.807) is 12.3 Å². The standard InChI is InChI=1S/C32H26BrN3O2/c1-2-38-27-19-17-26(18-20-27)36-30(23-11-5-3-6-12-23)21-25(31(36)24-13-7-4-8-14-24)22-34-35-32(37)28-15-9-10-16-29(28)33/h3-22H,2H2,1H3,(H,35,37)/b34-22-. The van der Waals surface area contributed by atoms with E-state index < -0.39 is 0 Å². The van der Waals surface area contributed by atoms with Gasteiger partial charge in [-0.1, -0.05) is 72.8 Å². The van der Waals surface area contributed by atoms with Gasteiger partial charge in [-0.3, -0.25) is 4.79 Å². The molecule has 6 heteroatoms. The number of benzene rings is 4. The molecule has 0 saturated heterocycles. The summed E-state index contributed by atoms with van der Waals surface area (Å²) in [7, 11) is 0. The van der Waals surface area contributed by atoms with Crippen molar-refractivity contribution >= 4 is 28.1 Å². The molecule has 5 aromatic rings. The second kappa shape index (κ2) is 11.8. The third-order valence-electron chi connectivity index (χ3n) is 6.04. The van der Waals surface area contributed by atoms with Gasteiger partial charge in [-0.15, -0.1) is 0 Å². The third-order valence-corrected chi connectivity index (χ3v) is 6.73. The molecule has 0 fully saturated rings. The Balaban J connectivity index is 1.63. The maximum Gasteiger partial charge on any atom is 0.272 e. The first-order chi connectivity index (χ1) is 18.7. The number of nitrogens with zero attached hydrogens (tertiary/aromatic N) is 2. The van der Waals surface area contributed by atoms with Crippen LogP contribution in [0.5, 0.6) is 5.75 Å². The summed E-state index contributed by atoms with van der Waals surface area (Å²) in [6.45, 7) is 2.58. The average Bonchev–Trinajstić information content (AvgIpc) is 3.34. The Morgan fingerprint density at radius 3 is 2.16 bits per heavy atom. The number of hydrogen-bond acceptors (Lipinski definition) is 3. The van der Waals surface area contributed by atoms with Gasteiger partial charge in [-0.2, -0.15) is 5.10 Å². The zero-order chi connectivity index (χ0) is 26.3. The SMILES string of the molecule is CCOc1ccc(-n2c(-c3ccccc3)cc(/C=N\NC(=O)c3ccccc3Br)c2-c2ccccc2)cc1. The van der Waals surface area contributed by atoms with Crippen molar-refractivity contribution in [3.05, 3.63) is 131 Å². The predicted molar refractivity (Wildman–Crippen MR) is 157 cm³/mol. The minimum Gasteiger partial charge on any atom is -0.494 e. The summed E-state index contributed by atoms with van der Waals surface area (Å²) >= 11 is 3.43. The van der Waals surface area contributed by atoms with Gasteiger partial charge >= 0.3 is 0 Å². The van der Waals surface area contributed by atoms with Crippen molar-refractivity contribution in [1.82, 2.24) is 9.99 Å². The molecule has 4 aromatic carbocycles. The molecular weight excluding hydrogens is 538 g/mol. The Hall–Kier alpha value is -4.42. The molecule has 5 nitrogen and oxygen atoms in total. The Morgan fingerprint density at radius 1 is 0.868 bits per heavy atom. The summed E-state index contributed by atoms with van der Waals surface area (Å²) in [5.41, 5.74) is 9.12. The largest absolute Gasteiger partial charge is 0.494 e. The van der Waals surface area contributed by atoms with Crippen molar-refractivity contribution in [2.75, 3.05) is 6.61 Å². The topological polar surface area (TPSA) is 55.6 Å². The van der Waals surface area contributed by atoms with E-state index in [4.69, 9.17) is 4.74 Å². The van der Waals surface area contributed by atoms with Crippen LogP contribution in [0.1, 0.15) is 22.8 Å². The molecule has 1 amide bonds. The first-order valence-electron chi connectivity index (χ1n) is 12.3. The number of halogens is 1. The van der Waals surface area contributed by atoms with Gasteiger partial charge in [0.15, 0.2) is 0 Å². The molecule has 38 heavy (non-hydrogen) atoms. The Morgan fingerprint density at radius 2 is 1.50 bits per heavy atom. The molecule has 0 saturated carbocycles. The van der Waals surface area contributed by atoms with Crippen LogP contribution in [0.15, 0.2) is 125 Å². The monoisotopic (exact) mass is 563 g/mol. The van der Waals surface area contributed by atoms with Gasteiger partial charge in [-0.05, 0) is 76.4 Å². The van der Waals surface area contributed by atoms with Crippen molar-refractivity contribution in [3.63, 3.8) is 0 Å². The Kier molecular flexibility index (Phi) is 7.81. The number of aromatic nitrogens is 1. The number of hydrazone groups is 1. The molecule has 0 aliphatic carbocycles. The van der Waals surface area contributed by atoms with E-state index in [2.05, 4.69) is 73.5 Å². The third kappa shape index (κ3) is 5.45. The van der Waals surface area contributed by atoms with E-state index in [1.807, 2.05) is 73.7 Å². The Labute approximate surface area is 230 Å². The highest BCUT2D eigenvalue weighted by atomic mass is 79.9. The van der Waals surface area contributed by atoms with Crippen LogP contribution in [0.2, 0.25) is 0 Å². The Bertz CT molecular complexity index is 1560. The molecule has 5 rings (SSSR count). The van der Waals surface area contributed by atoms with Gasteiger partial charge in [0.25, 0.3) is 5.91 Å². The summed E-state index contributed by atoms with van der Waals surface area (Å²) in [6.07, 6.45) is 1.70. The van der Waals surface area contributed by atoms with E-state index in [0.29, 0.717) is 16.6 Å². The number of nitrogens with one attached hydrogen (secondary N) is 1. The normalized spacial score (nSPS) is 11.0. The zero-order valence-corrected chi connectivity index (χ0v) is 22.4. The molecule has 1 heterocycles. The van der Waals surface area contributed by atoms with Crippen LogP contribution in [0.25, 0.3) is 28.2 Å². The summed E-state index contributed by atoms with van der Waals surface area (Å²) < 4.78 is 8.61. The van der Waals surface area contributed by atoms with Crippen molar-refractivity contribution < 1.29 is 9.53 Å². The molecule has 0 aliphatic heterocycles. The van der Waals surface area contributed by atoms with E-state index >= 15 is 0 Å². The molecular formula is C32H26BrN3O2. The fourth-order valence-electron chi connectivity index (χ4n) is 4.33. The first kappa shape index (κ1) is 25.2. The van der Waals surface area contributed by atoms with Gasteiger partial charge in [0.05, 0.1) is 29.8 Å². The highest BCUT2D eigenvalue weighted by Gasteiger charge is 2.19. The summed E-state index contributed by atoms with van der Waals surface area (Å²) in [5, 5.41) is 4.35. The number of rotatable bonds is 8. The summed E-state index contributed by atoms with van der Waals surface area (Å²) in [6, 6.07) is 37.9. The predicted octanol–water partition coefficient (Wildman–Crippen LogP) is 7.74. The van der Waals surface area contributed by atoms with Crippen LogP contribution in [0.4, 0.5) is 0 Å². The lowest BCUT2D eigenvalue weighted by atomic mass is 10.1. The van der Waals surface area contributed by atoms with Crippen LogP contribution in [-0.2, 0) is 0 Å². The minimum absolute atomic E-state index is 0.288. The van der Waals surface area contributed by atoms with E-state index in [0.717, 1.165) is 39.5 Å². The lowest BCUT2D eigenvalue weighted by molar-refractivity contribution is 0.0954. The molecule has 1 aromatic heterocycles. The molecule has 0 radical (unpaired) electrons. The van der Waals surface area contributed by atoms with Gasteiger partial charge in [0.2, 0.25) is 0 Å². The van der Waals surface area contributed by atoms with Gasteiger partial charge < -0.3 is 9.30 Å². The highest BCUT2D eigenvalue weighted by Crippen LogP contribution is 2.35. The molecule has 0 bridgehead atoms. The van der Waals surface area contributed by atoms with E-state index in [9.17, 15) is 4.79 Å². The number of carbonyl (C=O) groups excluding carboxylic acids is 1. The second-order valence-electron chi connectivity index (χ2n) is 8.51. The lowest BCUT2D eigenvalue weighted by Gasteiger charge is -2.15. The fourth-order valence-corrected chi connectivity index (χ4v) is 4.80. The number of hydrogen-bond donors (Lipinski definition) is 1. The van der Waals surface area contributed by atoms with E-state index in [-0.39, 0.29) is 5.91 Å². The maximum absolute atomic E-state index is 12.7. The van der Waals surface area contributed by atoms with Crippen LogP contribution in [-0.4, -0.2) is 23.3 Å². The summed E-state index contributed by atoms with van der Waals surface area (Å²) in [4.78, 5) is 12.7. The van der Waals surface area contributed by atoms with Gasteiger partial charge in [0, 0.05) is 15.7 Å². The van der Waals surface area contributed by atoms with Crippen LogP contribution in [0, 0.1) is 0 Å². The van der Waals surface area contributed by atoms with Crippen molar-refractivity contribution in [1.29, 1.82) is 0 Å². The van der Waals surface area contributed by atoms with Crippen LogP contribution < -0.4 is 10.2 Å². The molecule has 0 unspecified atom stereocenters. The smallest absolute Gasteiger partial charge is 0.272 e. The van der Waals surface area contributed by atoms with Crippen molar-refractivity contribution in [2.24, 2.45) is 5.10 Å². The fraction of sp³-hybridized carbons (Fsp3) is 0.0625. The molecule has 0 aliphatic rings. The van der Waals surface area contributed by atoms with Crippen LogP contribution in [0.3, 0.4) is 0 Å². The lowest BCUT2D eigenvalue weighted by Crippen LogP contribution is -2.18. The van der Waals surface area contributed by atoms with Crippen molar-refractivity contribution in [3.8, 4) is 34.0 Å². The number of carbonyl (C=O) groups is 1. The van der Waals surface area contributed by atoms with Gasteiger partial charge in [0.1, 0.15) is 5.75 Å². The maximum atomic E-state index is 12.7. The highest BCUT2D eigenvalue weighted by molar-refractivity contribution is 9.10. The van der Waals surface area contributed by atoms with Gasteiger partial charge in [-0.25, -0.2) is 5.43 Å².